The third-order valence-corrected chi connectivity index (χ3v) is 12.9. The first-order valence-electron chi connectivity index (χ1n) is 13.2. The first-order valence-corrected chi connectivity index (χ1v) is 17.0. The van der Waals surface area contributed by atoms with Crippen LogP contribution in [0.4, 0.5) is 5.69 Å². The fourth-order valence-electron chi connectivity index (χ4n) is 4.02. The molecule has 1 amide bonds. The van der Waals surface area contributed by atoms with E-state index in [2.05, 4.69) is 57.2 Å². The van der Waals surface area contributed by atoms with Crippen LogP contribution in [-0.2, 0) is 20.4 Å². The van der Waals surface area contributed by atoms with Crippen molar-refractivity contribution in [3.63, 3.8) is 0 Å². The molecule has 0 aliphatic heterocycles. The molecular formula is C30H38N2O6SSi. The molecule has 0 bridgehead atoms. The summed E-state index contributed by atoms with van der Waals surface area (Å²) in [5.41, 5.74) is 1.24. The van der Waals surface area contributed by atoms with Crippen molar-refractivity contribution in [2.45, 2.75) is 57.8 Å². The molecule has 8 nitrogen and oxygen atoms in total. The van der Waals surface area contributed by atoms with E-state index in [9.17, 15) is 19.7 Å². The van der Waals surface area contributed by atoms with E-state index in [0.29, 0.717) is 12.8 Å². The van der Waals surface area contributed by atoms with E-state index in [1.165, 1.54) is 30.3 Å². The lowest BCUT2D eigenvalue weighted by atomic mass is 9.92. The Morgan fingerprint density at radius 3 is 2.45 bits per heavy atom. The van der Waals surface area contributed by atoms with Crippen LogP contribution in [0.1, 0.15) is 43.1 Å². The van der Waals surface area contributed by atoms with Gasteiger partial charge in [0.1, 0.15) is 6.61 Å². The highest BCUT2D eigenvalue weighted by atomic mass is 32.1. The minimum absolute atomic E-state index is 0.0438. The predicted octanol–water partition coefficient (Wildman–Crippen LogP) is 6.91. The van der Waals surface area contributed by atoms with Crippen molar-refractivity contribution in [2.75, 3.05) is 13.2 Å². The summed E-state index contributed by atoms with van der Waals surface area (Å²) in [6.07, 6.45) is 2.28. The minimum atomic E-state index is -2.17. The third-order valence-electron chi connectivity index (χ3n) is 7.40. The first-order chi connectivity index (χ1) is 18.8. The molecule has 214 valence electrons. The van der Waals surface area contributed by atoms with E-state index in [1.54, 1.807) is 11.3 Å². The van der Waals surface area contributed by atoms with Gasteiger partial charge in [-0.25, -0.2) is 0 Å². The normalized spacial score (nSPS) is 13.4. The number of hydrogen-bond acceptors (Lipinski definition) is 7. The summed E-state index contributed by atoms with van der Waals surface area (Å²) < 4.78 is 13.1. The second kappa shape index (κ2) is 13.3. The molecule has 1 heterocycles. The number of thiophene rings is 1. The van der Waals surface area contributed by atoms with Gasteiger partial charge in [0.25, 0.3) is 11.6 Å². The van der Waals surface area contributed by atoms with Gasteiger partial charge in [0, 0.05) is 22.4 Å². The third kappa shape index (κ3) is 8.09. The SMILES string of the molecule is C=CCOC(=O)[C@@H](Cc1csc2ccccc12)C[C@@H](CO[Si](C)(C)C(C)(C)C)NC(=O)c1ccc([N+](=O)[O-])cc1. The number of nitrogens with zero attached hydrogens (tertiary/aromatic N) is 1. The lowest BCUT2D eigenvalue weighted by Gasteiger charge is -2.37. The van der Waals surface area contributed by atoms with Crippen molar-refractivity contribution in [2.24, 2.45) is 5.92 Å². The number of rotatable bonds is 13. The van der Waals surface area contributed by atoms with Crippen molar-refractivity contribution in [3.8, 4) is 0 Å². The zero-order chi connectivity index (χ0) is 29.5. The number of carbonyl (C=O) groups excluding carboxylic acids is 2. The molecule has 0 saturated heterocycles. The second-order valence-electron chi connectivity index (χ2n) is 11.4. The van der Waals surface area contributed by atoms with Crippen LogP contribution in [0.5, 0.6) is 0 Å². The maximum absolute atomic E-state index is 13.2. The summed E-state index contributed by atoms with van der Waals surface area (Å²) in [6, 6.07) is 13.0. The largest absolute Gasteiger partial charge is 0.461 e. The Kier molecular flexibility index (Phi) is 10.4. The predicted molar refractivity (Wildman–Crippen MR) is 162 cm³/mol. The number of amides is 1. The molecule has 0 spiro atoms. The number of nitrogens with one attached hydrogen (secondary N) is 1. The summed E-state index contributed by atoms with van der Waals surface area (Å²) in [5, 5.41) is 17.2. The van der Waals surface area contributed by atoms with Crippen molar-refractivity contribution in [1.29, 1.82) is 0 Å². The molecule has 0 aliphatic carbocycles. The van der Waals surface area contributed by atoms with Crippen molar-refractivity contribution >= 4 is 47.3 Å². The minimum Gasteiger partial charge on any atom is -0.461 e. The summed E-state index contributed by atoms with van der Waals surface area (Å²) in [7, 11) is -2.17. The number of hydrogen-bond donors (Lipinski definition) is 1. The smallest absolute Gasteiger partial charge is 0.309 e. The first kappa shape index (κ1) is 31.2. The van der Waals surface area contributed by atoms with Gasteiger partial charge in [-0.3, -0.25) is 19.7 Å². The van der Waals surface area contributed by atoms with Gasteiger partial charge in [-0.05, 0) is 65.5 Å². The second-order valence-corrected chi connectivity index (χ2v) is 17.1. The Hall–Kier alpha value is -3.34. The zero-order valence-electron chi connectivity index (χ0n) is 23.8. The maximum atomic E-state index is 13.2. The number of nitro groups is 1. The molecule has 0 radical (unpaired) electrons. The van der Waals surface area contributed by atoms with E-state index in [-0.39, 0.29) is 35.5 Å². The molecule has 10 heteroatoms. The topological polar surface area (TPSA) is 108 Å². The maximum Gasteiger partial charge on any atom is 0.309 e. The molecule has 40 heavy (non-hydrogen) atoms. The molecule has 2 aromatic carbocycles. The zero-order valence-corrected chi connectivity index (χ0v) is 25.6. The molecule has 2 atom stereocenters. The van der Waals surface area contributed by atoms with Crippen LogP contribution in [0.25, 0.3) is 10.1 Å². The van der Waals surface area contributed by atoms with Gasteiger partial charge in [0.05, 0.1) is 23.5 Å². The van der Waals surface area contributed by atoms with Crippen LogP contribution in [0.3, 0.4) is 0 Å². The van der Waals surface area contributed by atoms with Gasteiger partial charge < -0.3 is 14.5 Å². The number of non-ortho nitro benzene ring substituents is 1. The summed E-state index contributed by atoms with van der Waals surface area (Å²) in [5.74, 6) is -1.29. The highest BCUT2D eigenvalue weighted by Crippen LogP contribution is 2.37. The van der Waals surface area contributed by atoms with Crippen LogP contribution >= 0.6 is 11.3 Å². The number of carbonyl (C=O) groups is 2. The van der Waals surface area contributed by atoms with E-state index in [4.69, 9.17) is 9.16 Å². The lowest BCUT2D eigenvalue weighted by Crippen LogP contribution is -2.47. The van der Waals surface area contributed by atoms with Crippen LogP contribution in [0.15, 0.2) is 66.6 Å². The molecule has 0 fully saturated rings. The van der Waals surface area contributed by atoms with E-state index >= 15 is 0 Å². The summed E-state index contributed by atoms with van der Waals surface area (Å²) in [4.78, 5) is 37.0. The van der Waals surface area contributed by atoms with E-state index in [1.807, 2.05) is 18.2 Å². The van der Waals surface area contributed by atoms with Crippen molar-refractivity contribution in [1.82, 2.24) is 5.32 Å². The Labute approximate surface area is 240 Å². The van der Waals surface area contributed by atoms with Crippen LogP contribution < -0.4 is 5.32 Å². The fraction of sp³-hybridized carbons (Fsp3) is 0.400. The highest BCUT2D eigenvalue weighted by molar-refractivity contribution is 7.17. The van der Waals surface area contributed by atoms with E-state index in [0.717, 1.165) is 15.6 Å². The van der Waals surface area contributed by atoms with Gasteiger partial charge in [-0.1, -0.05) is 51.6 Å². The average molecular weight is 583 g/mol. The highest BCUT2D eigenvalue weighted by Gasteiger charge is 2.38. The Morgan fingerprint density at radius 2 is 1.82 bits per heavy atom. The Morgan fingerprint density at radius 1 is 1.15 bits per heavy atom. The molecule has 0 saturated carbocycles. The quantitative estimate of drug-likeness (QED) is 0.0772. The van der Waals surface area contributed by atoms with Gasteiger partial charge in [-0.2, -0.15) is 0 Å². The van der Waals surface area contributed by atoms with Gasteiger partial charge >= 0.3 is 5.97 Å². The van der Waals surface area contributed by atoms with Gasteiger partial charge in [-0.15, -0.1) is 11.3 Å². The monoisotopic (exact) mass is 582 g/mol. The van der Waals surface area contributed by atoms with Crippen molar-refractivity contribution < 1.29 is 23.7 Å². The van der Waals surface area contributed by atoms with Gasteiger partial charge in [0.2, 0.25) is 0 Å². The standard InChI is InChI=1S/C30H38N2O6SSi/c1-7-16-37-29(34)22(17-23-20-39-27-11-9-8-10-26(23)27)18-24(19-38-40(5,6)30(2,3)4)31-28(33)21-12-14-25(15-13-21)32(35)36/h7-15,20,22,24H,1,16-19H2,2-6H3,(H,31,33)/t22-,24-/m0/s1. The average Bonchev–Trinajstić information content (AvgIpc) is 3.32. The van der Waals surface area contributed by atoms with Gasteiger partial charge in [0.15, 0.2) is 8.32 Å². The number of benzene rings is 2. The Bertz CT molecular complexity index is 1350. The molecule has 0 unspecified atom stereocenters. The number of esters is 1. The van der Waals surface area contributed by atoms with Crippen molar-refractivity contribution in [3.05, 3.63) is 87.8 Å². The summed E-state index contributed by atoms with van der Waals surface area (Å²) >= 11 is 1.63. The lowest BCUT2D eigenvalue weighted by molar-refractivity contribution is -0.384. The molecule has 0 aliphatic rings. The van der Waals surface area contributed by atoms with E-state index < -0.39 is 31.1 Å². The molecule has 3 aromatic rings. The number of ether oxygens (including phenoxy) is 1. The fourth-order valence-corrected chi connectivity index (χ4v) is 6.05. The molecular weight excluding hydrogens is 544 g/mol. The number of fused-ring (bicyclic) bond motifs is 1. The van der Waals surface area contributed by atoms with Crippen LogP contribution in [-0.4, -0.2) is 44.4 Å². The Balaban J connectivity index is 1.88. The number of nitro benzene ring substituents is 1. The molecule has 3 rings (SSSR count). The van der Waals surface area contributed by atoms with Crippen LogP contribution in [0, 0.1) is 16.0 Å². The summed E-state index contributed by atoms with van der Waals surface area (Å²) in [6.45, 7) is 14.7. The molecule has 1 aromatic heterocycles. The molecule has 1 N–H and O–H groups in total. The van der Waals surface area contributed by atoms with Crippen LogP contribution in [0.2, 0.25) is 18.1 Å².